The minimum Gasteiger partial charge on any atom is -0.481 e. The number of carboxylic acids is 1. The van der Waals surface area contributed by atoms with Crippen LogP contribution in [0.15, 0.2) is 12.1 Å². The predicted octanol–water partition coefficient (Wildman–Crippen LogP) is 2.03. The van der Waals surface area contributed by atoms with E-state index in [-0.39, 0.29) is 6.42 Å². The van der Waals surface area contributed by atoms with Crippen LogP contribution in [0.5, 0.6) is 0 Å². The number of thiophene rings is 1. The highest BCUT2D eigenvalue weighted by molar-refractivity contribution is 7.12. The molecular weight excluding hydrogens is 250 g/mol. The molecule has 0 radical (unpaired) electrons. The van der Waals surface area contributed by atoms with Crippen molar-refractivity contribution in [2.24, 2.45) is 0 Å². The molecule has 0 amide bonds. The Labute approximate surface area is 111 Å². The van der Waals surface area contributed by atoms with E-state index in [1.807, 2.05) is 12.1 Å². The molecule has 2 rings (SSSR count). The second kappa shape index (κ2) is 6.31. The summed E-state index contributed by atoms with van der Waals surface area (Å²) in [5, 5.41) is 12.2. The van der Waals surface area contributed by atoms with Gasteiger partial charge in [0.25, 0.3) is 0 Å². The minimum absolute atomic E-state index is 0.120. The third kappa shape index (κ3) is 3.54. The van der Waals surface area contributed by atoms with Crippen LogP contribution in [0.2, 0.25) is 0 Å². The van der Waals surface area contributed by atoms with Gasteiger partial charge in [0.05, 0.1) is 12.5 Å². The van der Waals surface area contributed by atoms with Crippen LogP contribution < -0.4 is 5.32 Å². The second-order valence-electron chi connectivity index (χ2n) is 4.63. The first-order chi connectivity index (χ1) is 8.69. The van der Waals surface area contributed by atoms with Crippen LogP contribution in [0.1, 0.15) is 29.0 Å². The fraction of sp³-hybridized carbons (Fsp3) is 0.615. The summed E-state index contributed by atoms with van der Waals surface area (Å²) in [5.41, 5.74) is 0. The van der Waals surface area contributed by atoms with E-state index in [1.165, 1.54) is 11.3 Å². The Bertz CT molecular complexity index is 405. The van der Waals surface area contributed by atoms with Crippen molar-refractivity contribution < 1.29 is 14.6 Å². The average Bonchev–Trinajstić information content (AvgIpc) is 2.93. The van der Waals surface area contributed by atoms with E-state index in [0.29, 0.717) is 12.1 Å². The number of carbonyl (C=O) groups is 1. The van der Waals surface area contributed by atoms with Crippen molar-refractivity contribution in [2.75, 3.05) is 7.11 Å². The summed E-state index contributed by atoms with van der Waals surface area (Å²) in [6, 6.07) is 4.34. The summed E-state index contributed by atoms with van der Waals surface area (Å²) in [6.45, 7) is 0.800. The monoisotopic (exact) mass is 269 g/mol. The lowest BCUT2D eigenvalue weighted by Crippen LogP contribution is -2.36. The van der Waals surface area contributed by atoms with Crippen LogP contribution in [0.25, 0.3) is 0 Å². The number of ether oxygens (including phenoxy) is 1. The minimum atomic E-state index is -0.772. The first-order valence-corrected chi connectivity index (χ1v) is 7.06. The standard InChI is InChI=1S/C13H19NO3S/c1-17-12-4-2-3-11(12)14-8-10-6-5-9(18-10)7-13(15)16/h5-6,11-12,14H,2-4,7-8H2,1H3,(H,15,16). The Morgan fingerprint density at radius 2 is 2.28 bits per heavy atom. The van der Waals surface area contributed by atoms with E-state index in [1.54, 1.807) is 18.4 Å². The number of nitrogens with one attached hydrogen (secondary N) is 1. The number of hydrogen-bond acceptors (Lipinski definition) is 4. The molecule has 5 heteroatoms. The molecule has 4 nitrogen and oxygen atoms in total. The van der Waals surface area contributed by atoms with Crippen LogP contribution in [0, 0.1) is 0 Å². The molecule has 1 heterocycles. The summed E-state index contributed by atoms with van der Waals surface area (Å²) < 4.78 is 5.43. The summed E-state index contributed by atoms with van der Waals surface area (Å²) in [6.07, 6.45) is 3.94. The Hall–Kier alpha value is -0.910. The van der Waals surface area contributed by atoms with Gasteiger partial charge in [0.15, 0.2) is 0 Å². The molecule has 1 fully saturated rings. The molecule has 2 atom stereocenters. The van der Waals surface area contributed by atoms with Crippen molar-refractivity contribution in [2.45, 2.75) is 44.4 Å². The highest BCUT2D eigenvalue weighted by Crippen LogP contribution is 2.23. The molecule has 0 bridgehead atoms. The van der Waals surface area contributed by atoms with Crippen LogP contribution in [0.4, 0.5) is 0 Å². The maximum absolute atomic E-state index is 10.6. The average molecular weight is 269 g/mol. The summed E-state index contributed by atoms with van der Waals surface area (Å²) in [5.74, 6) is -0.772. The molecule has 0 spiro atoms. The van der Waals surface area contributed by atoms with Gasteiger partial charge in [-0.15, -0.1) is 11.3 Å². The summed E-state index contributed by atoms with van der Waals surface area (Å²) >= 11 is 1.57. The lowest BCUT2D eigenvalue weighted by atomic mass is 10.2. The largest absolute Gasteiger partial charge is 0.481 e. The van der Waals surface area contributed by atoms with Gasteiger partial charge >= 0.3 is 5.97 Å². The zero-order valence-corrected chi connectivity index (χ0v) is 11.3. The molecule has 1 aliphatic rings. The molecular formula is C13H19NO3S. The van der Waals surface area contributed by atoms with Gasteiger partial charge in [-0.05, 0) is 31.4 Å². The zero-order valence-electron chi connectivity index (χ0n) is 10.5. The normalized spacial score (nSPS) is 23.4. The van der Waals surface area contributed by atoms with Crippen molar-refractivity contribution in [3.05, 3.63) is 21.9 Å². The number of carboxylic acid groups (broad SMARTS) is 1. The van der Waals surface area contributed by atoms with Gasteiger partial charge in [0.1, 0.15) is 0 Å². The number of hydrogen-bond donors (Lipinski definition) is 2. The molecule has 1 aromatic heterocycles. The highest BCUT2D eigenvalue weighted by Gasteiger charge is 2.26. The molecule has 0 saturated heterocycles. The molecule has 100 valence electrons. The molecule has 1 aromatic rings. The van der Waals surface area contributed by atoms with E-state index in [9.17, 15) is 4.79 Å². The Balaban J connectivity index is 1.82. The van der Waals surface area contributed by atoms with Crippen LogP contribution in [-0.4, -0.2) is 30.3 Å². The lowest BCUT2D eigenvalue weighted by Gasteiger charge is -2.19. The first-order valence-electron chi connectivity index (χ1n) is 6.24. The van der Waals surface area contributed by atoms with Gasteiger partial charge < -0.3 is 15.2 Å². The second-order valence-corrected chi connectivity index (χ2v) is 5.88. The molecule has 0 aliphatic heterocycles. The maximum Gasteiger partial charge on any atom is 0.308 e. The number of rotatable bonds is 6. The van der Waals surface area contributed by atoms with E-state index in [2.05, 4.69) is 5.32 Å². The summed E-state index contributed by atoms with van der Waals surface area (Å²) in [4.78, 5) is 12.7. The molecule has 1 saturated carbocycles. The van der Waals surface area contributed by atoms with E-state index in [0.717, 1.165) is 24.3 Å². The topological polar surface area (TPSA) is 58.6 Å². The molecule has 2 N–H and O–H groups in total. The zero-order chi connectivity index (χ0) is 13.0. The third-order valence-electron chi connectivity index (χ3n) is 3.34. The molecule has 18 heavy (non-hydrogen) atoms. The van der Waals surface area contributed by atoms with Crippen molar-refractivity contribution >= 4 is 17.3 Å². The van der Waals surface area contributed by atoms with Crippen LogP contribution in [0.3, 0.4) is 0 Å². The van der Waals surface area contributed by atoms with E-state index < -0.39 is 5.97 Å². The Morgan fingerprint density at radius 3 is 3.00 bits per heavy atom. The van der Waals surface area contributed by atoms with E-state index >= 15 is 0 Å². The molecule has 1 aliphatic carbocycles. The quantitative estimate of drug-likeness (QED) is 0.829. The van der Waals surface area contributed by atoms with Crippen molar-refractivity contribution in [3.63, 3.8) is 0 Å². The van der Waals surface area contributed by atoms with Crippen molar-refractivity contribution in [3.8, 4) is 0 Å². The van der Waals surface area contributed by atoms with Gasteiger partial charge in [-0.1, -0.05) is 0 Å². The van der Waals surface area contributed by atoms with Gasteiger partial charge in [-0.3, -0.25) is 4.79 Å². The first kappa shape index (κ1) is 13.5. The van der Waals surface area contributed by atoms with Gasteiger partial charge in [-0.25, -0.2) is 0 Å². The fourth-order valence-electron chi connectivity index (χ4n) is 2.43. The van der Waals surface area contributed by atoms with Gasteiger partial charge in [0.2, 0.25) is 0 Å². The summed E-state index contributed by atoms with van der Waals surface area (Å²) in [7, 11) is 1.76. The van der Waals surface area contributed by atoms with Crippen LogP contribution in [-0.2, 0) is 22.5 Å². The third-order valence-corrected chi connectivity index (χ3v) is 4.42. The van der Waals surface area contributed by atoms with Crippen molar-refractivity contribution in [1.29, 1.82) is 0 Å². The van der Waals surface area contributed by atoms with Gasteiger partial charge in [0, 0.05) is 29.5 Å². The Kier molecular flexibility index (Phi) is 4.74. The van der Waals surface area contributed by atoms with Crippen molar-refractivity contribution in [1.82, 2.24) is 5.32 Å². The number of aliphatic carboxylic acids is 1. The lowest BCUT2D eigenvalue weighted by molar-refractivity contribution is -0.136. The van der Waals surface area contributed by atoms with E-state index in [4.69, 9.17) is 9.84 Å². The Morgan fingerprint density at radius 1 is 1.50 bits per heavy atom. The smallest absolute Gasteiger partial charge is 0.308 e. The maximum atomic E-state index is 10.6. The molecule has 2 unspecified atom stereocenters. The fourth-order valence-corrected chi connectivity index (χ4v) is 3.39. The predicted molar refractivity (Wildman–Crippen MR) is 70.9 cm³/mol. The van der Waals surface area contributed by atoms with Crippen LogP contribution >= 0.6 is 11.3 Å². The SMILES string of the molecule is COC1CCCC1NCc1ccc(CC(=O)O)s1. The number of methoxy groups -OCH3 is 1. The molecule has 0 aromatic carbocycles. The highest BCUT2D eigenvalue weighted by atomic mass is 32.1. The van der Waals surface area contributed by atoms with Gasteiger partial charge in [-0.2, -0.15) is 0 Å².